The van der Waals surface area contributed by atoms with Crippen LogP contribution in [-0.4, -0.2) is 13.7 Å². The number of aryl methyl sites for hydroxylation is 3. The molecule has 0 fully saturated rings. The summed E-state index contributed by atoms with van der Waals surface area (Å²) in [6.07, 6.45) is 6.04. The third-order valence-corrected chi connectivity index (χ3v) is 4.76. The van der Waals surface area contributed by atoms with Crippen molar-refractivity contribution in [3.8, 4) is 5.75 Å². The van der Waals surface area contributed by atoms with Crippen LogP contribution in [0.4, 0.5) is 11.4 Å². The van der Waals surface area contributed by atoms with E-state index in [0.717, 1.165) is 25.2 Å². The van der Waals surface area contributed by atoms with Crippen molar-refractivity contribution in [1.29, 1.82) is 0 Å². The molecule has 0 atom stereocenters. The summed E-state index contributed by atoms with van der Waals surface area (Å²) in [5.41, 5.74) is 6.86. The summed E-state index contributed by atoms with van der Waals surface area (Å²) in [5.74, 6) is 1.06. The molecule has 0 radical (unpaired) electrons. The molecule has 0 N–H and O–H groups in total. The van der Waals surface area contributed by atoms with E-state index in [2.05, 4.69) is 48.3 Å². The number of benzene rings is 2. The lowest BCUT2D eigenvalue weighted by Crippen LogP contribution is -2.12. The summed E-state index contributed by atoms with van der Waals surface area (Å²) >= 11 is 0. The Morgan fingerprint density at radius 2 is 1.52 bits per heavy atom. The fraction of sp³-hybridized carbons (Fsp3) is 0.368. The minimum absolute atomic E-state index is 0.846. The van der Waals surface area contributed by atoms with E-state index in [-0.39, 0.29) is 0 Å². The molecule has 0 saturated carbocycles. The van der Waals surface area contributed by atoms with Crippen LogP contribution >= 0.6 is 0 Å². The molecule has 2 aromatic rings. The van der Waals surface area contributed by atoms with E-state index in [4.69, 9.17) is 4.74 Å². The van der Waals surface area contributed by atoms with E-state index in [0.29, 0.717) is 0 Å². The van der Waals surface area contributed by atoms with Gasteiger partial charge in [0.25, 0.3) is 0 Å². The Balaban J connectivity index is 1.66. The molecule has 108 valence electrons. The van der Waals surface area contributed by atoms with Gasteiger partial charge in [-0.2, -0.15) is 0 Å². The second kappa shape index (κ2) is 5.10. The molecule has 2 aliphatic rings. The van der Waals surface area contributed by atoms with Gasteiger partial charge in [0.1, 0.15) is 5.75 Å². The lowest BCUT2D eigenvalue weighted by molar-refractivity contribution is 0.288. The third kappa shape index (κ3) is 2.29. The highest BCUT2D eigenvalue weighted by Gasteiger charge is 2.15. The molecule has 21 heavy (non-hydrogen) atoms. The monoisotopic (exact) mass is 279 g/mol. The van der Waals surface area contributed by atoms with Crippen molar-refractivity contribution in [1.82, 2.24) is 0 Å². The van der Waals surface area contributed by atoms with E-state index >= 15 is 0 Å². The van der Waals surface area contributed by atoms with Crippen molar-refractivity contribution in [2.24, 2.45) is 0 Å². The Hall–Kier alpha value is -1.96. The van der Waals surface area contributed by atoms with Crippen LogP contribution < -0.4 is 9.64 Å². The lowest BCUT2D eigenvalue weighted by atomic mass is 10.0. The van der Waals surface area contributed by atoms with Gasteiger partial charge >= 0.3 is 0 Å². The average Bonchev–Trinajstić information content (AvgIpc) is 3.01. The van der Waals surface area contributed by atoms with Crippen LogP contribution in [-0.2, 0) is 19.3 Å². The van der Waals surface area contributed by atoms with E-state index in [1.807, 2.05) is 0 Å². The second-order valence-corrected chi connectivity index (χ2v) is 6.11. The van der Waals surface area contributed by atoms with Gasteiger partial charge in [-0.15, -0.1) is 0 Å². The van der Waals surface area contributed by atoms with Gasteiger partial charge in [0.05, 0.1) is 6.61 Å². The summed E-state index contributed by atoms with van der Waals surface area (Å²) in [6.45, 7) is 0.846. The minimum atomic E-state index is 0.846. The first kappa shape index (κ1) is 12.8. The van der Waals surface area contributed by atoms with Gasteiger partial charge in [-0.1, -0.05) is 12.1 Å². The maximum atomic E-state index is 5.80. The zero-order chi connectivity index (χ0) is 14.2. The van der Waals surface area contributed by atoms with Gasteiger partial charge in [-0.25, -0.2) is 0 Å². The van der Waals surface area contributed by atoms with E-state index in [1.165, 1.54) is 47.3 Å². The standard InChI is InChI=1S/C19H21NO/c1-20(17-9-7-14-4-2-5-16(14)12-17)18-10-8-15-6-3-11-21-19(15)13-18/h7-10,12-13H,2-6,11H2,1H3. The fourth-order valence-corrected chi connectivity index (χ4v) is 3.45. The number of hydrogen-bond donors (Lipinski definition) is 0. The largest absolute Gasteiger partial charge is 0.493 e. The quantitative estimate of drug-likeness (QED) is 0.814. The lowest BCUT2D eigenvalue weighted by Gasteiger charge is -2.24. The summed E-state index contributed by atoms with van der Waals surface area (Å²) in [5, 5.41) is 0. The van der Waals surface area contributed by atoms with Crippen LogP contribution in [0.15, 0.2) is 36.4 Å². The van der Waals surface area contributed by atoms with Crippen LogP contribution in [0.3, 0.4) is 0 Å². The molecule has 4 rings (SSSR count). The molecule has 0 unspecified atom stereocenters. The molecule has 1 aliphatic carbocycles. The predicted molar refractivity (Wildman–Crippen MR) is 86.8 cm³/mol. The van der Waals surface area contributed by atoms with Crippen molar-refractivity contribution in [3.05, 3.63) is 53.1 Å². The zero-order valence-corrected chi connectivity index (χ0v) is 12.6. The molecular weight excluding hydrogens is 258 g/mol. The van der Waals surface area contributed by atoms with Crippen LogP contribution in [0, 0.1) is 0 Å². The molecule has 0 spiro atoms. The van der Waals surface area contributed by atoms with Gasteiger partial charge in [0.15, 0.2) is 0 Å². The van der Waals surface area contributed by atoms with Gasteiger partial charge < -0.3 is 9.64 Å². The number of ether oxygens (including phenoxy) is 1. The maximum Gasteiger partial charge on any atom is 0.124 e. The highest BCUT2D eigenvalue weighted by molar-refractivity contribution is 5.66. The SMILES string of the molecule is CN(c1ccc2c(c1)CCC2)c1ccc2c(c1)OCCC2. The summed E-state index contributed by atoms with van der Waals surface area (Å²) < 4.78 is 5.80. The number of fused-ring (bicyclic) bond motifs is 2. The molecule has 0 saturated heterocycles. The fourth-order valence-electron chi connectivity index (χ4n) is 3.45. The average molecular weight is 279 g/mol. The smallest absolute Gasteiger partial charge is 0.124 e. The van der Waals surface area contributed by atoms with Crippen LogP contribution in [0.1, 0.15) is 29.5 Å². The van der Waals surface area contributed by atoms with Gasteiger partial charge in [0, 0.05) is 24.5 Å². The first-order chi connectivity index (χ1) is 10.3. The van der Waals surface area contributed by atoms with Crippen molar-refractivity contribution in [2.45, 2.75) is 32.1 Å². The Labute approximate surface area is 126 Å². The zero-order valence-electron chi connectivity index (χ0n) is 12.6. The molecule has 0 aromatic heterocycles. The molecule has 1 heterocycles. The van der Waals surface area contributed by atoms with E-state index in [9.17, 15) is 0 Å². The topological polar surface area (TPSA) is 12.5 Å². The summed E-state index contributed by atoms with van der Waals surface area (Å²) in [4.78, 5) is 2.26. The van der Waals surface area contributed by atoms with Crippen molar-refractivity contribution < 1.29 is 4.74 Å². The Morgan fingerprint density at radius 3 is 2.43 bits per heavy atom. The molecule has 0 amide bonds. The summed E-state index contributed by atoms with van der Waals surface area (Å²) in [7, 11) is 2.14. The molecule has 2 aromatic carbocycles. The Bertz CT molecular complexity index is 677. The van der Waals surface area contributed by atoms with Gasteiger partial charge in [0.2, 0.25) is 0 Å². The van der Waals surface area contributed by atoms with Crippen molar-refractivity contribution >= 4 is 11.4 Å². The molecule has 2 nitrogen and oxygen atoms in total. The first-order valence-electron chi connectivity index (χ1n) is 7.92. The van der Waals surface area contributed by atoms with Crippen LogP contribution in [0.25, 0.3) is 0 Å². The number of rotatable bonds is 2. The predicted octanol–water partition coefficient (Wildman–Crippen LogP) is 4.27. The minimum Gasteiger partial charge on any atom is -0.493 e. The number of hydrogen-bond acceptors (Lipinski definition) is 2. The first-order valence-corrected chi connectivity index (χ1v) is 7.92. The van der Waals surface area contributed by atoms with Gasteiger partial charge in [-0.3, -0.25) is 0 Å². The number of nitrogens with zero attached hydrogens (tertiary/aromatic N) is 1. The van der Waals surface area contributed by atoms with E-state index < -0.39 is 0 Å². The Morgan fingerprint density at radius 1 is 0.810 bits per heavy atom. The van der Waals surface area contributed by atoms with Crippen molar-refractivity contribution in [2.75, 3.05) is 18.6 Å². The second-order valence-electron chi connectivity index (χ2n) is 6.11. The van der Waals surface area contributed by atoms with Gasteiger partial charge in [-0.05, 0) is 67.0 Å². The Kier molecular flexibility index (Phi) is 3.10. The molecular formula is C19H21NO. The van der Waals surface area contributed by atoms with Crippen LogP contribution in [0.5, 0.6) is 5.75 Å². The molecule has 2 heteroatoms. The molecule has 1 aliphatic heterocycles. The van der Waals surface area contributed by atoms with Crippen molar-refractivity contribution in [3.63, 3.8) is 0 Å². The maximum absolute atomic E-state index is 5.80. The molecule has 0 bridgehead atoms. The third-order valence-electron chi connectivity index (χ3n) is 4.76. The van der Waals surface area contributed by atoms with E-state index in [1.54, 1.807) is 0 Å². The highest BCUT2D eigenvalue weighted by atomic mass is 16.5. The summed E-state index contributed by atoms with van der Waals surface area (Å²) in [6, 6.07) is 13.5. The van der Waals surface area contributed by atoms with Crippen LogP contribution in [0.2, 0.25) is 0 Å². The normalized spacial score (nSPS) is 16.0. The number of anilines is 2. The highest BCUT2D eigenvalue weighted by Crippen LogP contribution is 2.34.